The number of carbonyl (C=O) groups is 2. The predicted octanol–water partition coefficient (Wildman–Crippen LogP) is 2.84. The molecule has 2 rings (SSSR count). The molecule has 0 heterocycles. The normalized spacial score (nSPS) is 11.7. The second-order valence-corrected chi connectivity index (χ2v) is 4.05. The van der Waals surface area contributed by atoms with Gasteiger partial charge in [-0.3, -0.25) is 4.79 Å². The minimum atomic E-state index is -1.31. The SMILES string of the molecule is O=Cc1ccc(OC(C(=O)O)c2ccccc2)c(F)c1. The molecule has 2 aromatic rings. The Bertz CT molecular complexity index is 625. The first-order valence-electron chi connectivity index (χ1n) is 5.81. The molecule has 2 aromatic carbocycles. The molecule has 0 amide bonds. The molecule has 102 valence electrons. The number of aliphatic carboxylic acids is 1. The van der Waals surface area contributed by atoms with Crippen LogP contribution in [0.15, 0.2) is 48.5 Å². The van der Waals surface area contributed by atoms with Gasteiger partial charge in [-0.15, -0.1) is 0 Å². The van der Waals surface area contributed by atoms with Crippen LogP contribution in [0.3, 0.4) is 0 Å². The van der Waals surface area contributed by atoms with Crippen LogP contribution in [0.4, 0.5) is 4.39 Å². The third kappa shape index (κ3) is 3.00. The van der Waals surface area contributed by atoms with E-state index in [2.05, 4.69) is 0 Å². The second-order valence-electron chi connectivity index (χ2n) is 4.05. The van der Waals surface area contributed by atoms with Crippen molar-refractivity contribution in [3.63, 3.8) is 0 Å². The van der Waals surface area contributed by atoms with Crippen molar-refractivity contribution >= 4 is 12.3 Å². The molecule has 1 unspecified atom stereocenters. The maximum Gasteiger partial charge on any atom is 0.349 e. The first kappa shape index (κ1) is 13.7. The Morgan fingerprint density at radius 3 is 2.45 bits per heavy atom. The van der Waals surface area contributed by atoms with Crippen molar-refractivity contribution in [2.75, 3.05) is 0 Å². The van der Waals surface area contributed by atoms with Gasteiger partial charge >= 0.3 is 5.97 Å². The Morgan fingerprint density at radius 1 is 1.20 bits per heavy atom. The molecule has 0 radical (unpaired) electrons. The number of rotatable bonds is 5. The van der Waals surface area contributed by atoms with Gasteiger partial charge in [-0.25, -0.2) is 9.18 Å². The molecule has 20 heavy (non-hydrogen) atoms. The summed E-state index contributed by atoms with van der Waals surface area (Å²) in [6.45, 7) is 0. The molecule has 0 aliphatic heterocycles. The molecule has 0 aromatic heterocycles. The predicted molar refractivity (Wildman–Crippen MR) is 69.2 cm³/mol. The zero-order valence-electron chi connectivity index (χ0n) is 10.3. The third-order valence-electron chi connectivity index (χ3n) is 2.66. The van der Waals surface area contributed by atoms with Crippen molar-refractivity contribution in [2.45, 2.75) is 6.10 Å². The monoisotopic (exact) mass is 274 g/mol. The van der Waals surface area contributed by atoms with E-state index in [0.29, 0.717) is 11.8 Å². The largest absolute Gasteiger partial charge is 0.478 e. The number of carboxylic acids is 1. The Hall–Kier alpha value is -2.69. The number of carboxylic acid groups (broad SMARTS) is 1. The molecule has 0 saturated heterocycles. The number of hydrogen-bond donors (Lipinski definition) is 1. The van der Waals surface area contributed by atoms with E-state index >= 15 is 0 Å². The summed E-state index contributed by atoms with van der Waals surface area (Å²) in [6, 6.07) is 11.8. The van der Waals surface area contributed by atoms with E-state index in [1.807, 2.05) is 0 Å². The lowest BCUT2D eigenvalue weighted by Crippen LogP contribution is -2.18. The molecule has 0 bridgehead atoms. The number of halogens is 1. The van der Waals surface area contributed by atoms with Crippen LogP contribution >= 0.6 is 0 Å². The van der Waals surface area contributed by atoms with Crippen molar-refractivity contribution in [1.29, 1.82) is 0 Å². The Kier molecular flexibility index (Phi) is 4.10. The van der Waals surface area contributed by atoms with E-state index in [9.17, 15) is 19.1 Å². The van der Waals surface area contributed by atoms with Gasteiger partial charge in [0.2, 0.25) is 6.10 Å². The maximum atomic E-state index is 13.7. The first-order valence-corrected chi connectivity index (χ1v) is 5.81. The summed E-state index contributed by atoms with van der Waals surface area (Å²) in [6.07, 6.45) is -0.813. The lowest BCUT2D eigenvalue weighted by molar-refractivity contribution is -0.145. The number of hydrogen-bond acceptors (Lipinski definition) is 3. The van der Waals surface area contributed by atoms with Gasteiger partial charge in [-0.2, -0.15) is 0 Å². The molecule has 1 atom stereocenters. The molecule has 4 nitrogen and oxygen atoms in total. The molecule has 0 spiro atoms. The standard InChI is InChI=1S/C15H11FO4/c16-12-8-10(9-17)6-7-13(12)20-14(15(18)19)11-4-2-1-3-5-11/h1-9,14H,(H,18,19). The van der Waals surface area contributed by atoms with Gasteiger partial charge < -0.3 is 9.84 Å². The van der Waals surface area contributed by atoms with Gasteiger partial charge in [0.15, 0.2) is 11.6 Å². The van der Waals surface area contributed by atoms with Gasteiger partial charge in [-0.05, 0) is 18.2 Å². The lowest BCUT2D eigenvalue weighted by atomic mass is 10.1. The van der Waals surface area contributed by atoms with E-state index in [0.717, 1.165) is 6.07 Å². The third-order valence-corrected chi connectivity index (χ3v) is 2.66. The summed E-state index contributed by atoms with van der Waals surface area (Å²) in [5, 5.41) is 9.18. The highest BCUT2D eigenvalue weighted by atomic mass is 19.1. The van der Waals surface area contributed by atoms with Crippen LogP contribution in [0, 0.1) is 5.82 Å². The van der Waals surface area contributed by atoms with Crippen LogP contribution in [0.2, 0.25) is 0 Å². The van der Waals surface area contributed by atoms with Gasteiger partial charge in [0, 0.05) is 11.1 Å². The Labute approximate surface area is 114 Å². The van der Waals surface area contributed by atoms with Crippen molar-refractivity contribution in [2.24, 2.45) is 0 Å². The summed E-state index contributed by atoms with van der Waals surface area (Å²) in [4.78, 5) is 21.8. The van der Waals surface area contributed by atoms with Gasteiger partial charge in [0.25, 0.3) is 0 Å². The summed E-state index contributed by atoms with van der Waals surface area (Å²) < 4.78 is 18.9. The first-order chi connectivity index (χ1) is 9.61. The van der Waals surface area contributed by atoms with E-state index < -0.39 is 17.9 Å². The van der Waals surface area contributed by atoms with Crippen molar-refractivity contribution in [3.05, 3.63) is 65.5 Å². The maximum absolute atomic E-state index is 13.7. The summed E-state index contributed by atoms with van der Waals surface area (Å²) >= 11 is 0. The molecule has 1 N–H and O–H groups in total. The van der Waals surface area contributed by atoms with Crippen molar-refractivity contribution < 1.29 is 23.8 Å². The van der Waals surface area contributed by atoms with Gasteiger partial charge in [0.1, 0.15) is 6.29 Å². The van der Waals surface area contributed by atoms with E-state index in [1.165, 1.54) is 12.1 Å². The minimum absolute atomic E-state index is 0.154. The summed E-state index contributed by atoms with van der Waals surface area (Å²) in [7, 11) is 0. The van der Waals surface area contributed by atoms with Crippen LogP contribution in [-0.4, -0.2) is 17.4 Å². The molecule has 0 fully saturated rings. The fourth-order valence-corrected chi connectivity index (χ4v) is 1.70. The van der Waals surface area contributed by atoms with Crippen molar-refractivity contribution in [1.82, 2.24) is 0 Å². The fourth-order valence-electron chi connectivity index (χ4n) is 1.70. The minimum Gasteiger partial charge on any atom is -0.478 e. The number of carbonyl (C=O) groups excluding carboxylic acids is 1. The van der Waals surface area contributed by atoms with Gasteiger partial charge in [0.05, 0.1) is 0 Å². The second kappa shape index (κ2) is 5.97. The van der Waals surface area contributed by atoms with E-state index in [1.54, 1.807) is 30.3 Å². The molecule has 0 saturated carbocycles. The highest BCUT2D eigenvalue weighted by Gasteiger charge is 2.23. The van der Waals surface area contributed by atoms with Gasteiger partial charge in [-0.1, -0.05) is 30.3 Å². The molecular formula is C15H11FO4. The van der Waals surface area contributed by atoms with Crippen LogP contribution in [0.1, 0.15) is 22.0 Å². The van der Waals surface area contributed by atoms with E-state index in [-0.39, 0.29) is 11.3 Å². The number of benzene rings is 2. The molecule has 0 aliphatic rings. The fraction of sp³-hybridized carbons (Fsp3) is 0.0667. The summed E-state index contributed by atoms with van der Waals surface area (Å²) in [5.74, 6) is -2.22. The summed E-state index contributed by atoms with van der Waals surface area (Å²) in [5.41, 5.74) is 0.556. The molecule has 5 heteroatoms. The molecule has 0 aliphatic carbocycles. The number of ether oxygens (including phenoxy) is 1. The Balaban J connectivity index is 2.30. The topological polar surface area (TPSA) is 63.6 Å². The van der Waals surface area contributed by atoms with Crippen molar-refractivity contribution in [3.8, 4) is 5.75 Å². The average Bonchev–Trinajstić information content (AvgIpc) is 2.46. The quantitative estimate of drug-likeness (QED) is 0.851. The Morgan fingerprint density at radius 2 is 1.90 bits per heavy atom. The molecular weight excluding hydrogens is 263 g/mol. The van der Waals surface area contributed by atoms with E-state index in [4.69, 9.17) is 4.74 Å². The smallest absolute Gasteiger partial charge is 0.349 e. The zero-order chi connectivity index (χ0) is 14.5. The zero-order valence-corrected chi connectivity index (χ0v) is 10.3. The van der Waals surface area contributed by atoms with Crippen LogP contribution in [-0.2, 0) is 4.79 Å². The highest BCUT2D eigenvalue weighted by molar-refractivity contribution is 5.76. The lowest BCUT2D eigenvalue weighted by Gasteiger charge is -2.16. The van der Waals surface area contributed by atoms with Crippen LogP contribution in [0.25, 0.3) is 0 Å². The average molecular weight is 274 g/mol. The number of aldehydes is 1. The van der Waals surface area contributed by atoms with Crippen LogP contribution in [0.5, 0.6) is 5.75 Å². The highest BCUT2D eigenvalue weighted by Crippen LogP contribution is 2.25. The van der Waals surface area contributed by atoms with Crippen LogP contribution < -0.4 is 4.74 Å².